The third-order valence-corrected chi connectivity index (χ3v) is 3.08. The van der Waals surface area contributed by atoms with Crippen molar-refractivity contribution < 1.29 is 9.53 Å². The molecular weight excluding hydrogens is 148 g/mol. The predicted molar refractivity (Wildman–Crippen MR) is 42.0 cm³/mol. The van der Waals surface area contributed by atoms with Crippen molar-refractivity contribution in [1.82, 2.24) is 0 Å². The van der Waals surface area contributed by atoms with E-state index in [-0.39, 0.29) is 5.97 Å². The van der Waals surface area contributed by atoms with Crippen molar-refractivity contribution in [3.8, 4) is 0 Å². The normalized spacial score (nSPS) is 26.7. The fourth-order valence-corrected chi connectivity index (χ4v) is 1.81. The lowest BCUT2D eigenvalue weighted by Gasteiger charge is -2.23. The molecule has 0 amide bonds. The van der Waals surface area contributed by atoms with E-state index >= 15 is 0 Å². The van der Waals surface area contributed by atoms with Gasteiger partial charge in [0, 0.05) is 5.25 Å². The van der Waals surface area contributed by atoms with Crippen LogP contribution in [0.25, 0.3) is 0 Å². The van der Waals surface area contributed by atoms with Gasteiger partial charge in [0.25, 0.3) is 0 Å². The highest BCUT2D eigenvalue weighted by molar-refractivity contribution is 8.00. The first kappa shape index (κ1) is 7.92. The third kappa shape index (κ3) is 1.90. The molecule has 1 saturated heterocycles. The van der Waals surface area contributed by atoms with Crippen molar-refractivity contribution in [1.29, 1.82) is 0 Å². The van der Waals surface area contributed by atoms with Gasteiger partial charge in [-0.25, -0.2) is 0 Å². The standard InChI is InChI=1S/C7H12O2S/c1-5(2)6-3-9-7(8)4-10-6/h5-6H,3-4H2,1-2H3. The number of thioether (sulfide) groups is 1. The van der Waals surface area contributed by atoms with Crippen LogP contribution >= 0.6 is 11.8 Å². The minimum Gasteiger partial charge on any atom is -0.464 e. The average Bonchev–Trinajstić information content (AvgIpc) is 1.88. The lowest BCUT2D eigenvalue weighted by Crippen LogP contribution is -2.28. The second-order valence-corrected chi connectivity index (χ2v) is 4.00. The Morgan fingerprint density at radius 3 is 2.80 bits per heavy atom. The van der Waals surface area contributed by atoms with Gasteiger partial charge in [0.05, 0.1) is 5.75 Å². The number of carbonyl (C=O) groups excluding carboxylic acids is 1. The topological polar surface area (TPSA) is 26.3 Å². The van der Waals surface area contributed by atoms with Crippen LogP contribution in [0.4, 0.5) is 0 Å². The first-order chi connectivity index (χ1) is 4.70. The Labute approximate surface area is 65.3 Å². The molecule has 1 fully saturated rings. The van der Waals surface area contributed by atoms with Gasteiger partial charge in [-0.2, -0.15) is 0 Å². The van der Waals surface area contributed by atoms with Crippen LogP contribution in [-0.2, 0) is 9.53 Å². The Morgan fingerprint density at radius 2 is 2.40 bits per heavy atom. The zero-order valence-electron chi connectivity index (χ0n) is 6.29. The summed E-state index contributed by atoms with van der Waals surface area (Å²) >= 11 is 1.70. The molecule has 1 atom stereocenters. The van der Waals surface area contributed by atoms with Crippen molar-refractivity contribution in [2.24, 2.45) is 5.92 Å². The van der Waals surface area contributed by atoms with Crippen LogP contribution in [-0.4, -0.2) is 23.6 Å². The molecule has 58 valence electrons. The van der Waals surface area contributed by atoms with Crippen molar-refractivity contribution in [3.63, 3.8) is 0 Å². The summed E-state index contributed by atoms with van der Waals surface area (Å²) in [5.74, 6) is 1.07. The van der Waals surface area contributed by atoms with Crippen LogP contribution in [0, 0.1) is 5.92 Å². The van der Waals surface area contributed by atoms with Gasteiger partial charge in [0.15, 0.2) is 0 Å². The van der Waals surface area contributed by atoms with E-state index in [0.717, 1.165) is 0 Å². The second-order valence-electron chi connectivity index (χ2n) is 2.78. The Morgan fingerprint density at radius 1 is 1.70 bits per heavy atom. The van der Waals surface area contributed by atoms with Gasteiger partial charge in [-0.15, -0.1) is 11.8 Å². The van der Waals surface area contributed by atoms with Crippen LogP contribution in [0.1, 0.15) is 13.8 Å². The maximum Gasteiger partial charge on any atom is 0.315 e. The van der Waals surface area contributed by atoms with Crippen molar-refractivity contribution in [2.75, 3.05) is 12.4 Å². The molecule has 0 aliphatic carbocycles. The van der Waals surface area contributed by atoms with E-state index in [4.69, 9.17) is 4.74 Å². The second kappa shape index (κ2) is 3.28. The van der Waals surface area contributed by atoms with Crippen LogP contribution < -0.4 is 0 Å². The summed E-state index contributed by atoms with van der Waals surface area (Å²) in [4.78, 5) is 10.6. The summed E-state index contributed by atoms with van der Waals surface area (Å²) in [6, 6.07) is 0. The summed E-state index contributed by atoms with van der Waals surface area (Å²) < 4.78 is 4.89. The van der Waals surface area contributed by atoms with E-state index in [1.807, 2.05) is 0 Å². The maximum atomic E-state index is 10.6. The van der Waals surface area contributed by atoms with Crippen molar-refractivity contribution in [3.05, 3.63) is 0 Å². The minimum atomic E-state index is -0.0677. The monoisotopic (exact) mass is 160 g/mol. The number of hydrogen-bond acceptors (Lipinski definition) is 3. The highest BCUT2D eigenvalue weighted by Crippen LogP contribution is 2.23. The van der Waals surface area contributed by atoms with Crippen molar-refractivity contribution >= 4 is 17.7 Å². The highest BCUT2D eigenvalue weighted by Gasteiger charge is 2.22. The Bertz CT molecular complexity index is 124. The third-order valence-electron chi connectivity index (χ3n) is 1.57. The molecule has 0 bridgehead atoms. The molecule has 0 aromatic heterocycles. The molecule has 1 heterocycles. The fourth-order valence-electron chi connectivity index (χ4n) is 0.825. The molecule has 0 N–H and O–H groups in total. The van der Waals surface area contributed by atoms with Gasteiger partial charge in [-0.05, 0) is 5.92 Å². The molecule has 1 unspecified atom stereocenters. The molecule has 0 aromatic carbocycles. The minimum absolute atomic E-state index is 0.0677. The Kier molecular flexibility index (Phi) is 2.60. The SMILES string of the molecule is CC(C)C1COC(=O)CS1. The first-order valence-electron chi connectivity index (χ1n) is 3.47. The van der Waals surface area contributed by atoms with Gasteiger partial charge >= 0.3 is 5.97 Å². The van der Waals surface area contributed by atoms with E-state index in [0.29, 0.717) is 23.5 Å². The van der Waals surface area contributed by atoms with Gasteiger partial charge < -0.3 is 4.74 Å². The van der Waals surface area contributed by atoms with E-state index in [1.165, 1.54) is 0 Å². The van der Waals surface area contributed by atoms with Crippen LogP contribution in [0.2, 0.25) is 0 Å². The molecule has 0 saturated carbocycles. The number of carbonyl (C=O) groups is 1. The predicted octanol–water partition coefficient (Wildman–Crippen LogP) is 1.30. The van der Waals surface area contributed by atoms with Crippen molar-refractivity contribution in [2.45, 2.75) is 19.1 Å². The molecule has 0 radical (unpaired) electrons. The van der Waals surface area contributed by atoms with E-state index in [9.17, 15) is 4.79 Å². The van der Waals surface area contributed by atoms with Crippen LogP contribution in [0.3, 0.4) is 0 Å². The fraction of sp³-hybridized carbons (Fsp3) is 0.857. The zero-order valence-corrected chi connectivity index (χ0v) is 7.11. The lowest BCUT2D eigenvalue weighted by atomic mass is 10.1. The molecule has 0 aromatic rings. The quantitative estimate of drug-likeness (QED) is 0.541. The highest BCUT2D eigenvalue weighted by atomic mass is 32.2. The summed E-state index contributed by atoms with van der Waals surface area (Å²) in [7, 11) is 0. The number of hydrogen-bond donors (Lipinski definition) is 0. The molecule has 1 aliphatic heterocycles. The summed E-state index contributed by atoms with van der Waals surface area (Å²) in [5, 5.41) is 0.512. The molecule has 1 aliphatic rings. The number of cyclic esters (lactones) is 1. The first-order valence-corrected chi connectivity index (χ1v) is 4.52. The van der Waals surface area contributed by atoms with E-state index < -0.39 is 0 Å². The molecule has 10 heavy (non-hydrogen) atoms. The maximum absolute atomic E-state index is 10.6. The number of rotatable bonds is 1. The molecule has 3 heteroatoms. The molecule has 0 spiro atoms. The number of ether oxygens (including phenoxy) is 1. The van der Waals surface area contributed by atoms with Crippen LogP contribution in [0.15, 0.2) is 0 Å². The molecule has 1 rings (SSSR count). The average molecular weight is 160 g/mol. The van der Waals surface area contributed by atoms with E-state index in [2.05, 4.69) is 13.8 Å². The van der Waals surface area contributed by atoms with Gasteiger partial charge in [0.1, 0.15) is 6.61 Å². The smallest absolute Gasteiger partial charge is 0.315 e. The summed E-state index contributed by atoms with van der Waals surface area (Å²) in [6.45, 7) is 4.90. The van der Waals surface area contributed by atoms with Gasteiger partial charge in [-0.1, -0.05) is 13.8 Å². The Hall–Kier alpha value is -0.180. The zero-order chi connectivity index (χ0) is 7.56. The Balaban J connectivity index is 2.33. The summed E-state index contributed by atoms with van der Waals surface area (Å²) in [5.41, 5.74) is 0. The van der Waals surface area contributed by atoms with E-state index in [1.54, 1.807) is 11.8 Å². The van der Waals surface area contributed by atoms with Gasteiger partial charge in [0.2, 0.25) is 0 Å². The molecule has 2 nitrogen and oxygen atoms in total. The molecular formula is C7H12O2S. The van der Waals surface area contributed by atoms with Gasteiger partial charge in [-0.3, -0.25) is 4.79 Å². The largest absolute Gasteiger partial charge is 0.464 e. The number of esters is 1. The summed E-state index contributed by atoms with van der Waals surface area (Å²) in [6.07, 6.45) is 0. The van der Waals surface area contributed by atoms with Crippen LogP contribution in [0.5, 0.6) is 0 Å². The lowest BCUT2D eigenvalue weighted by molar-refractivity contribution is -0.141.